The summed E-state index contributed by atoms with van der Waals surface area (Å²) in [5, 5.41) is 4.72. The number of nitrogens with one attached hydrogen (secondary N) is 1. The molecule has 3 aromatic carbocycles. The first-order chi connectivity index (χ1) is 16.4. The summed E-state index contributed by atoms with van der Waals surface area (Å²) in [6.45, 7) is 2.66. The number of halogens is 2. The van der Waals surface area contributed by atoms with Gasteiger partial charge in [-0.3, -0.25) is 4.79 Å². The quantitative estimate of drug-likeness (QED) is 0.254. The molecule has 0 saturated heterocycles. The lowest BCUT2D eigenvalue weighted by Crippen LogP contribution is -2.17. The monoisotopic (exact) mass is 546 g/mol. The molecule has 0 atom stereocenters. The van der Waals surface area contributed by atoms with Crippen molar-refractivity contribution in [2.45, 2.75) is 13.5 Å². The fourth-order valence-corrected chi connectivity index (χ4v) is 3.71. The van der Waals surface area contributed by atoms with Crippen LogP contribution in [-0.2, 0) is 6.61 Å². The minimum absolute atomic E-state index is 0.348. The molecule has 7 nitrogen and oxygen atoms in total. The molecule has 0 saturated carbocycles. The molecule has 3 rings (SSSR count). The molecule has 9 heteroatoms. The minimum Gasteiger partial charge on any atom is -0.493 e. The van der Waals surface area contributed by atoms with Crippen molar-refractivity contribution in [2.75, 3.05) is 20.8 Å². The van der Waals surface area contributed by atoms with Crippen LogP contribution in [0.1, 0.15) is 28.4 Å². The smallest absolute Gasteiger partial charge is 0.271 e. The number of methoxy groups -OCH3 is 2. The lowest BCUT2D eigenvalue weighted by Gasteiger charge is -2.13. The number of ether oxygens (including phenoxy) is 4. The van der Waals surface area contributed by atoms with Crippen LogP contribution in [0.5, 0.6) is 23.0 Å². The number of hydrazone groups is 1. The van der Waals surface area contributed by atoms with Gasteiger partial charge in [0.2, 0.25) is 0 Å². The Hall–Kier alpha value is -3.23. The average molecular weight is 548 g/mol. The average Bonchev–Trinajstić information content (AvgIpc) is 2.84. The van der Waals surface area contributed by atoms with Gasteiger partial charge in [0.1, 0.15) is 6.61 Å². The summed E-state index contributed by atoms with van der Waals surface area (Å²) in [4.78, 5) is 12.5. The van der Waals surface area contributed by atoms with Crippen LogP contribution in [-0.4, -0.2) is 32.9 Å². The van der Waals surface area contributed by atoms with Gasteiger partial charge in [0.05, 0.1) is 31.5 Å². The molecule has 178 valence electrons. The van der Waals surface area contributed by atoms with Crippen molar-refractivity contribution < 1.29 is 23.7 Å². The molecule has 0 aliphatic heterocycles. The number of hydrogen-bond acceptors (Lipinski definition) is 6. The van der Waals surface area contributed by atoms with Gasteiger partial charge in [0.15, 0.2) is 23.0 Å². The number of carbonyl (C=O) groups is 1. The molecule has 0 fully saturated rings. The summed E-state index contributed by atoms with van der Waals surface area (Å²) in [6, 6.07) is 15.9. The van der Waals surface area contributed by atoms with E-state index in [1.165, 1.54) is 6.21 Å². The second-order valence-electron chi connectivity index (χ2n) is 6.95. The maximum atomic E-state index is 12.5. The van der Waals surface area contributed by atoms with Crippen LogP contribution in [0, 0.1) is 0 Å². The Balaban J connectivity index is 1.68. The van der Waals surface area contributed by atoms with E-state index >= 15 is 0 Å². The predicted molar refractivity (Wildman–Crippen MR) is 136 cm³/mol. The van der Waals surface area contributed by atoms with E-state index in [4.69, 9.17) is 30.5 Å². The fourth-order valence-electron chi connectivity index (χ4n) is 3.01. The highest BCUT2D eigenvalue weighted by Gasteiger charge is 2.13. The zero-order valence-corrected chi connectivity index (χ0v) is 21.3. The van der Waals surface area contributed by atoms with Gasteiger partial charge in [-0.2, -0.15) is 5.10 Å². The van der Waals surface area contributed by atoms with E-state index in [0.29, 0.717) is 56.8 Å². The van der Waals surface area contributed by atoms with E-state index in [2.05, 4.69) is 26.5 Å². The zero-order valence-electron chi connectivity index (χ0n) is 18.9. The van der Waals surface area contributed by atoms with Gasteiger partial charge >= 0.3 is 0 Å². The van der Waals surface area contributed by atoms with Crippen molar-refractivity contribution in [1.29, 1.82) is 0 Å². The third-order valence-electron chi connectivity index (χ3n) is 4.65. The maximum Gasteiger partial charge on any atom is 0.271 e. The van der Waals surface area contributed by atoms with Crippen molar-refractivity contribution in [3.8, 4) is 23.0 Å². The van der Waals surface area contributed by atoms with E-state index in [-0.39, 0.29) is 5.91 Å². The van der Waals surface area contributed by atoms with E-state index in [0.717, 1.165) is 5.56 Å². The summed E-state index contributed by atoms with van der Waals surface area (Å²) in [6.07, 6.45) is 1.52. The van der Waals surface area contributed by atoms with Crippen molar-refractivity contribution in [3.63, 3.8) is 0 Å². The minimum atomic E-state index is -0.381. The van der Waals surface area contributed by atoms with Crippen LogP contribution >= 0.6 is 27.5 Å². The van der Waals surface area contributed by atoms with E-state index in [1.54, 1.807) is 38.5 Å². The predicted octanol–water partition coefficient (Wildman–Crippen LogP) is 5.86. The van der Waals surface area contributed by atoms with Crippen LogP contribution < -0.4 is 24.4 Å². The SMILES string of the molecule is CCOc1cc(C(=O)N/N=C/c2cc(Br)c(OCc3ccc(Cl)cc3)c(OC)c2)ccc1OC. The molecule has 1 N–H and O–H groups in total. The van der Waals surface area contributed by atoms with E-state index in [9.17, 15) is 4.79 Å². The fraction of sp³-hybridized carbons (Fsp3) is 0.200. The topological polar surface area (TPSA) is 78.4 Å². The molecule has 0 spiro atoms. The standard InChI is InChI=1S/C25H24BrClN2O5/c1-4-33-22-13-18(7-10-21(22)31-2)25(30)29-28-14-17-11-20(26)24(23(12-17)32-3)34-15-16-5-8-19(27)9-6-16/h5-14H,4,15H2,1-3H3,(H,29,30)/b28-14+. The van der Waals surface area contributed by atoms with Crippen LogP contribution in [0.2, 0.25) is 5.02 Å². The van der Waals surface area contributed by atoms with Gasteiger partial charge in [-0.1, -0.05) is 23.7 Å². The highest BCUT2D eigenvalue weighted by Crippen LogP contribution is 2.37. The molecule has 0 unspecified atom stereocenters. The molecule has 0 bridgehead atoms. The third-order valence-corrected chi connectivity index (χ3v) is 5.49. The van der Waals surface area contributed by atoms with Gasteiger partial charge in [-0.05, 0) is 76.4 Å². The van der Waals surface area contributed by atoms with Gasteiger partial charge in [-0.15, -0.1) is 0 Å². The van der Waals surface area contributed by atoms with Gasteiger partial charge < -0.3 is 18.9 Å². The molecule has 0 aliphatic carbocycles. The highest BCUT2D eigenvalue weighted by molar-refractivity contribution is 9.10. The Morgan fingerprint density at radius 1 is 1.00 bits per heavy atom. The third kappa shape index (κ3) is 6.65. The summed E-state index contributed by atoms with van der Waals surface area (Å²) >= 11 is 9.45. The Bertz CT molecular complexity index is 1170. The first kappa shape index (κ1) is 25.4. The highest BCUT2D eigenvalue weighted by atomic mass is 79.9. The lowest BCUT2D eigenvalue weighted by molar-refractivity contribution is 0.0954. The Morgan fingerprint density at radius 2 is 1.74 bits per heavy atom. The first-order valence-corrected chi connectivity index (χ1v) is 11.5. The molecular weight excluding hydrogens is 524 g/mol. The second kappa shape index (κ2) is 12.3. The lowest BCUT2D eigenvalue weighted by atomic mass is 10.2. The molecule has 1 amide bonds. The Morgan fingerprint density at radius 3 is 2.41 bits per heavy atom. The number of benzene rings is 3. The molecule has 0 aliphatic rings. The number of rotatable bonds is 10. The van der Waals surface area contributed by atoms with Crippen molar-refractivity contribution >= 4 is 39.7 Å². The molecule has 3 aromatic rings. The van der Waals surface area contributed by atoms with Crippen LogP contribution in [0.25, 0.3) is 0 Å². The van der Waals surface area contributed by atoms with Gasteiger partial charge in [0.25, 0.3) is 5.91 Å². The number of carbonyl (C=O) groups excluding carboxylic acids is 1. The number of nitrogens with zero attached hydrogens (tertiary/aromatic N) is 1. The maximum absolute atomic E-state index is 12.5. The summed E-state index contributed by atoms with van der Waals surface area (Å²) < 4.78 is 22.9. The molecule has 34 heavy (non-hydrogen) atoms. The second-order valence-corrected chi connectivity index (χ2v) is 8.24. The summed E-state index contributed by atoms with van der Waals surface area (Å²) in [5.74, 6) is 1.74. The van der Waals surface area contributed by atoms with E-state index in [1.807, 2.05) is 37.3 Å². The molecular formula is C25H24BrClN2O5. The number of amides is 1. The van der Waals surface area contributed by atoms with Gasteiger partial charge in [-0.25, -0.2) is 5.43 Å². The van der Waals surface area contributed by atoms with Crippen molar-refractivity contribution in [2.24, 2.45) is 5.10 Å². The Kier molecular flexibility index (Phi) is 9.18. The largest absolute Gasteiger partial charge is 0.493 e. The molecule has 0 radical (unpaired) electrons. The van der Waals surface area contributed by atoms with Crippen molar-refractivity contribution in [1.82, 2.24) is 5.43 Å². The van der Waals surface area contributed by atoms with Crippen LogP contribution in [0.3, 0.4) is 0 Å². The molecule has 0 aromatic heterocycles. The zero-order chi connectivity index (χ0) is 24.5. The van der Waals surface area contributed by atoms with E-state index < -0.39 is 0 Å². The number of hydrogen-bond donors (Lipinski definition) is 1. The Labute approximate surface area is 211 Å². The van der Waals surface area contributed by atoms with Crippen molar-refractivity contribution in [3.05, 3.63) is 80.8 Å². The van der Waals surface area contributed by atoms with Crippen LogP contribution in [0.15, 0.2) is 64.2 Å². The first-order valence-electron chi connectivity index (χ1n) is 10.3. The summed E-state index contributed by atoms with van der Waals surface area (Å²) in [7, 11) is 3.10. The summed E-state index contributed by atoms with van der Waals surface area (Å²) in [5.41, 5.74) is 4.58. The van der Waals surface area contributed by atoms with Crippen LogP contribution in [0.4, 0.5) is 0 Å². The normalized spacial score (nSPS) is 10.7. The molecule has 0 heterocycles. The van der Waals surface area contributed by atoms with Gasteiger partial charge in [0, 0.05) is 10.6 Å².